The smallest absolute Gasteiger partial charge is 0.352 e. The van der Waals surface area contributed by atoms with E-state index in [1.165, 1.54) is 18.2 Å². The van der Waals surface area contributed by atoms with Crippen molar-refractivity contribution in [1.29, 1.82) is 0 Å². The number of carbonyl (C=O) groups excluding carboxylic acids is 2. The predicted molar refractivity (Wildman–Crippen MR) is 95.4 cm³/mol. The first-order chi connectivity index (χ1) is 12.3. The van der Waals surface area contributed by atoms with Crippen LogP contribution in [0.4, 0.5) is 18.9 Å². The summed E-state index contributed by atoms with van der Waals surface area (Å²) < 4.78 is 37.7. The van der Waals surface area contributed by atoms with Crippen molar-refractivity contribution < 1.29 is 22.8 Å². The van der Waals surface area contributed by atoms with Gasteiger partial charge in [-0.2, -0.15) is 13.2 Å². The normalized spacial score (nSPS) is 11.1. The van der Waals surface area contributed by atoms with Crippen molar-refractivity contribution in [1.82, 2.24) is 5.32 Å². The van der Waals surface area contributed by atoms with Gasteiger partial charge in [0.1, 0.15) is 0 Å². The molecule has 2 aromatic rings. The zero-order valence-electron chi connectivity index (χ0n) is 13.6. The average molecular weight is 429 g/mol. The first-order valence-electron chi connectivity index (χ1n) is 7.73. The van der Waals surface area contributed by atoms with Crippen LogP contribution in [0.3, 0.4) is 0 Å². The van der Waals surface area contributed by atoms with Crippen molar-refractivity contribution in [3.63, 3.8) is 0 Å². The highest BCUT2D eigenvalue weighted by molar-refractivity contribution is 9.10. The third kappa shape index (κ3) is 6.18. The molecule has 0 saturated heterocycles. The predicted octanol–water partition coefficient (Wildman–Crippen LogP) is 4.20. The number of halogens is 4. The second-order valence-electron chi connectivity index (χ2n) is 5.52. The third-order valence-electron chi connectivity index (χ3n) is 3.51. The fraction of sp³-hybridized carbons (Fsp3) is 0.222. The lowest BCUT2D eigenvalue weighted by molar-refractivity contribution is -0.167. The van der Waals surface area contributed by atoms with Gasteiger partial charge in [0.2, 0.25) is 5.91 Å². The summed E-state index contributed by atoms with van der Waals surface area (Å²) in [6, 6.07) is 13.5. The minimum absolute atomic E-state index is 0.0206. The van der Waals surface area contributed by atoms with Crippen LogP contribution in [0.5, 0.6) is 0 Å². The number of hydrogen-bond donors (Lipinski definition) is 2. The van der Waals surface area contributed by atoms with E-state index in [4.69, 9.17) is 0 Å². The minimum atomic E-state index is -4.95. The Balaban J connectivity index is 1.85. The Hall–Kier alpha value is -2.35. The number of aryl methyl sites for hydroxylation is 1. The summed E-state index contributed by atoms with van der Waals surface area (Å²) in [7, 11) is 0. The molecule has 0 aliphatic rings. The van der Waals surface area contributed by atoms with E-state index < -0.39 is 12.1 Å². The highest BCUT2D eigenvalue weighted by atomic mass is 79.9. The number of hydrogen-bond acceptors (Lipinski definition) is 2. The van der Waals surface area contributed by atoms with E-state index in [2.05, 4.69) is 21.2 Å². The van der Waals surface area contributed by atoms with Gasteiger partial charge in [-0.25, -0.2) is 0 Å². The molecule has 0 radical (unpaired) electrons. The first kappa shape index (κ1) is 20.0. The van der Waals surface area contributed by atoms with Crippen molar-refractivity contribution in [3.05, 3.63) is 64.1 Å². The van der Waals surface area contributed by atoms with Gasteiger partial charge in [-0.15, -0.1) is 0 Å². The van der Waals surface area contributed by atoms with Crippen LogP contribution in [-0.2, 0) is 22.6 Å². The second kappa shape index (κ2) is 8.84. The standard InChI is InChI=1S/C18H16BrF3N2O2/c19-15-7-2-1-5-13(15)8-9-16(25)23-11-12-4-3-6-14(10-12)24-17(26)18(20,21)22/h1-7,10H,8-9,11H2,(H,23,25)(H,24,26). The number of benzene rings is 2. The van der Waals surface area contributed by atoms with Gasteiger partial charge < -0.3 is 10.6 Å². The lowest BCUT2D eigenvalue weighted by Crippen LogP contribution is -2.30. The Morgan fingerprint density at radius 1 is 1.04 bits per heavy atom. The fourth-order valence-corrected chi connectivity index (χ4v) is 2.68. The summed E-state index contributed by atoms with van der Waals surface area (Å²) in [4.78, 5) is 22.9. The van der Waals surface area contributed by atoms with Gasteiger partial charge in [-0.05, 0) is 35.7 Å². The maximum absolute atomic E-state index is 12.3. The van der Waals surface area contributed by atoms with Crippen LogP contribution in [-0.4, -0.2) is 18.0 Å². The highest BCUT2D eigenvalue weighted by Crippen LogP contribution is 2.19. The topological polar surface area (TPSA) is 58.2 Å². The summed E-state index contributed by atoms with van der Waals surface area (Å²) >= 11 is 3.42. The maximum Gasteiger partial charge on any atom is 0.471 e. The van der Waals surface area contributed by atoms with E-state index in [1.54, 1.807) is 11.4 Å². The summed E-state index contributed by atoms with van der Waals surface area (Å²) in [6.45, 7) is 0.157. The summed E-state index contributed by atoms with van der Waals surface area (Å²) in [6.07, 6.45) is -4.10. The zero-order chi connectivity index (χ0) is 19.2. The van der Waals surface area contributed by atoms with E-state index in [0.717, 1.165) is 10.0 Å². The van der Waals surface area contributed by atoms with Gasteiger partial charge in [0, 0.05) is 23.1 Å². The Bertz CT molecular complexity index is 794. The van der Waals surface area contributed by atoms with E-state index in [9.17, 15) is 22.8 Å². The summed E-state index contributed by atoms with van der Waals surface area (Å²) in [5.41, 5.74) is 1.62. The molecular weight excluding hydrogens is 413 g/mol. The molecule has 0 bridgehead atoms. The molecule has 0 fully saturated rings. The van der Waals surface area contributed by atoms with Crippen molar-refractivity contribution in [2.75, 3.05) is 5.32 Å². The highest BCUT2D eigenvalue weighted by Gasteiger charge is 2.38. The Labute approximate surface area is 156 Å². The second-order valence-corrected chi connectivity index (χ2v) is 6.37. The van der Waals surface area contributed by atoms with E-state index in [0.29, 0.717) is 12.0 Å². The number of carbonyl (C=O) groups is 2. The molecule has 0 saturated carbocycles. The minimum Gasteiger partial charge on any atom is -0.352 e. The fourth-order valence-electron chi connectivity index (χ4n) is 2.20. The van der Waals surface area contributed by atoms with Crippen LogP contribution in [0, 0.1) is 0 Å². The quantitative estimate of drug-likeness (QED) is 0.724. The monoisotopic (exact) mass is 428 g/mol. The Kier molecular flexibility index (Phi) is 6.79. The lowest BCUT2D eigenvalue weighted by atomic mass is 10.1. The number of rotatable bonds is 6. The van der Waals surface area contributed by atoms with Crippen molar-refractivity contribution in [2.45, 2.75) is 25.6 Å². The summed E-state index contributed by atoms with van der Waals surface area (Å²) in [5.74, 6) is -2.21. The van der Waals surface area contributed by atoms with E-state index >= 15 is 0 Å². The third-order valence-corrected chi connectivity index (χ3v) is 4.28. The first-order valence-corrected chi connectivity index (χ1v) is 8.52. The molecule has 2 N–H and O–H groups in total. The largest absolute Gasteiger partial charge is 0.471 e. The number of amides is 2. The van der Waals surface area contributed by atoms with Crippen LogP contribution in [0.25, 0.3) is 0 Å². The van der Waals surface area contributed by atoms with Gasteiger partial charge in [0.25, 0.3) is 0 Å². The van der Waals surface area contributed by atoms with Gasteiger partial charge in [0.15, 0.2) is 0 Å². The lowest BCUT2D eigenvalue weighted by Gasteiger charge is -2.10. The van der Waals surface area contributed by atoms with Crippen LogP contribution in [0.15, 0.2) is 53.0 Å². The number of anilines is 1. The van der Waals surface area contributed by atoms with Gasteiger partial charge in [-0.1, -0.05) is 46.3 Å². The molecule has 8 heteroatoms. The zero-order valence-corrected chi connectivity index (χ0v) is 15.2. The molecule has 2 amide bonds. The average Bonchev–Trinajstić information content (AvgIpc) is 2.59. The van der Waals surface area contributed by atoms with Crippen LogP contribution in [0.1, 0.15) is 17.5 Å². The van der Waals surface area contributed by atoms with Crippen LogP contribution < -0.4 is 10.6 Å². The molecule has 26 heavy (non-hydrogen) atoms. The molecule has 0 aliphatic carbocycles. The molecule has 2 rings (SSSR count). The molecule has 0 heterocycles. The molecule has 0 unspecified atom stereocenters. The van der Waals surface area contributed by atoms with Crippen molar-refractivity contribution >= 4 is 33.4 Å². The number of alkyl halides is 3. The maximum atomic E-state index is 12.3. The van der Waals surface area contributed by atoms with Crippen molar-refractivity contribution in [2.24, 2.45) is 0 Å². The molecule has 0 aliphatic heterocycles. The SMILES string of the molecule is O=C(CCc1ccccc1Br)NCc1cccc(NC(=O)C(F)(F)F)c1. The van der Waals surface area contributed by atoms with E-state index in [1.807, 2.05) is 24.3 Å². The molecule has 0 atom stereocenters. The van der Waals surface area contributed by atoms with Crippen LogP contribution >= 0.6 is 15.9 Å². The molecular formula is C18H16BrF3N2O2. The van der Waals surface area contributed by atoms with Gasteiger partial charge in [-0.3, -0.25) is 9.59 Å². The van der Waals surface area contributed by atoms with Crippen LogP contribution in [0.2, 0.25) is 0 Å². The van der Waals surface area contributed by atoms with E-state index in [-0.39, 0.29) is 24.6 Å². The summed E-state index contributed by atoms with van der Waals surface area (Å²) in [5, 5.41) is 4.49. The molecule has 2 aromatic carbocycles. The van der Waals surface area contributed by atoms with Gasteiger partial charge >= 0.3 is 12.1 Å². The number of nitrogens with one attached hydrogen (secondary N) is 2. The van der Waals surface area contributed by atoms with Gasteiger partial charge in [0.05, 0.1) is 0 Å². The Morgan fingerprint density at radius 2 is 1.77 bits per heavy atom. The molecule has 4 nitrogen and oxygen atoms in total. The Morgan fingerprint density at radius 3 is 2.46 bits per heavy atom. The molecule has 0 aromatic heterocycles. The van der Waals surface area contributed by atoms with Crippen molar-refractivity contribution in [3.8, 4) is 0 Å². The molecule has 138 valence electrons. The molecule has 0 spiro atoms.